The Labute approximate surface area is 141 Å². The summed E-state index contributed by atoms with van der Waals surface area (Å²) in [6, 6.07) is 3.53. The van der Waals surface area contributed by atoms with E-state index in [1.165, 1.54) is 12.1 Å². The van der Waals surface area contributed by atoms with Crippen LogP contribution in [-0.2, 0) is 19.4 Å². The van der Waals surface area contributed by atoms with Crippen molar-refractivity contribution in [2.75, 3.05) is 18.1 Å². The summed E-state index contributed by atoms with van der Waals surface area (Å²) in [5.41, 5.74) is -0.894. The van der Waals surface area contributed by atoms with E-state index < -0.39 is 39.7 Å². The summed E-state index contributed by atoms with van der Waals surface area (Å²) in [5, 5.41) is 2.56. The SMILES string of the molecule is C[C@@]1(NC(=O)COC(=O)c2cc(F)ccc2Br)CCS(=O)(=O)C1. The summed E-state index contributed by atoms with van der Waals surface area (Å²) in [6.07, 6.45) is 0.310. The molecule has 1 atom stereocenters. The molecule has 0 unspecified atom stereocenters. The second-order valence-corrected chi connectivity index (χ2v) is 8.69. The largest absolute Gasteiger partial charge is 0.452 e. The van der Waals surface area contributed by atoms with E-state index in [4.69, 9.17) is 4.74 Å². The molecule has 1 aliphatic heterocycles. The summed E-state index contributed by atoms with van der Waals surface area (Å²) in [5.74, 6) is -2.19. The Hall–Kier alpha value is -1.48. The van der Waals surface area contributed by atoms with Gasteiger partial charge in [-0.05, 0) is 47.5 Å². The molecule has 0 aliphatic carbocycles. The van der Waals surface area contributed by atoms with Crippen molar-refractivity contribution in [2.24, 2.45) is 0 Å². The van der Waals surface area contributed by atoms with Gasteiger partial charge in [-0.1, -0.05) is 0 Å². The van der Waals surface area contributed by atoms with Gasteiger partial charge in [0.2, 0.25) is 0 Å². The number of esters is 1. The summed E-state index contributed by atoms with van der Waals surface area (Å²) >= 11 is 3.10. The summed E-state index contributed by atoms with van der Waals surface area (Å²) in [6.45, 7) is 1.05. The normalized spacial score (nSPS) is 22.6. The lowest BCUT2D eigenvalue weighted by atomic mass is 10.0. The van der Waals surface area contributed by atoms with Gasteiger partial charge in [0.05, 0.1) is 22.6 Å². The molecular weight excluding hydrogens is 393 g/mol. The van der Waals surface area contributed by atoms with Crippen LogP contribution >= 0.6 is 15.9 Å². The van der Waals surface area contributed by atoms with E-state index in [0.29, 0.717) is 10.9 Å². The zero-order valence-corrected chi connectivity index (χ0v) is 14.7. The highest BCUT2D eigenvalue weighted by molar-refractivity contribution is 9.10. The fourth-order valence-corrected chi connectivity index (χ4v) is 4.85. The van der Waals surface area contributed by atoms with Crippen molar-refractivity contribution < 1.29 is 27.1 Å². The van der Waals surface area contributed by atoms with Gasteiger partial charge >= 0.3 is 5.97 Å². The molecule has 1 fully saturated rings. The molecule has 1 aromatic rings. The van der Waals surface area contributed by atoms with E-state index in [-0.39, 0.29) is 17.1 Å². The first-order chi connectivity index (χ1) is 10.6. The third kappa shape index (κ3) is 4.74. The Balaban J connectivity index is 1.92. The summed E-state index contributed by atoms with van der Waals surface area (Å²) in [7, 11) is -3.15. The molecule has 0 bridgehead atoms. The van der Waals surface area contributed by atoms with Crippen molar-refractivity contribution in [3.8, 4) is 0 Å². The van der Waals surface area contributed by atoms with Gasteiger partial charge in [0.1, 0.15) is 5.82 Å². The maximum absolute atomic E-state index is 13.1. The average Bonchev–Trinajstić information content (AvgIpc) is 2.72. The van der Waals surface area contributed by atoms with Crippen LogP contribution in [0.1, 0.15) is 23.7 Å². The number of carbonyl (C=O) groups is 2. The molecule has 1 aromatic carbocycles. The van der Waals surface area contributed by atoms with Crippen molar-refractivity contribution in [3.63, 3.8) is 0 Å². The Morgan fingerprint density at radius 1 is 1.43 bits per heavy atom. The molecule has 1 N–H and O–H groups in total. The first-order valence-corrected chi connectivity index (χ1v) is 9.35. The summed E-state index contributed by atoms with van der Waals surface area (Å²) < 4.78 is 41.3. The first kappa shape index (κ1) is 17.9. The number of amides is 1. The highest BCUT2D eigenvalue weighted by Gasteiger charge is 2.39. The molecule has 126 valence electrons. The maximum atomic E-state index is 13.1. The van der Waals surface area contributed by atoms with Crippen molar-refractivity contribution >= 4 is 37.6 Å². The van der Waals surface area contributed by atoms with E-state index in [2.05, 4.69) is 21.2 Å². The number of hydrogen-bond donors (Lipinski definition) is 1. The van der Waals surface area contributed by atoms with Crippen LogP contribution in [-0.4, -0.2) is 43.9 Å². The van der Waals surface area contributed by atoms with Crippen LogP contribution in [0, 0.1) is 5.82 Å². The van der Waals surface area contributed by atoms with Crippen LogP contribution in [0.25, 0.3) is 0 Å². The third-order valence-electron chi connectivity index (χ3n) is 3.43. The molecule has 9 heteroatoms. The van der Waals surface area contributed by atoms with Crippen molar-refractivity contribution in [1.82, 2.24) is 5.32 Å². The van der Waals surface area contributed by atoms with E-state index in [9.17, 15) is 22.4 Å². The lowest BCUT2D eigenvalue weighted by Gasteiger charge is -2.23. The van der Waals surface area contributed by atoms with E-state index in [1.54, 1.807) is 6.92 Å². The van der Waals surface area contributed by atoms with Gasteiger partial charge in [0, 0.05) is 4.47 Å². The topological polar surface area (TPSA) is 89.5 Å². The van der Waals surface area contributed by atoms with Crippen molar-refractivity contribution in [3.05, 3.63) is 34.1 Å². The van der Waals surface area contributed by atoms with Crippen LogP contribution < -0.4 is 5.32 Å². The Kier molecular flexibility index (Phi) is 5.10. The van der Waals surface area contributed by atoms with Crippen molar-refractivity contribution in [1.29, 1.82) is 0 Å². The molecule has 23 heavy (non-hydrogen) atoms. The zero-order chi connectivity index (χ0) is 17.3. The van der Waals surface area contributed by atoms with E-state index in [0.717, 1.165) is 6.07 Å². The lowest BCUT2D eigenvalue weighted by Crippen LogP contribution is -2.48. The monoisotopic (exact) mass is 407 g/mol. The van der Waals surface area contributed by atoms with Gasteiger partial charge in [-0.15, -0.1) is 0 Å². The molecule has 1 aliphatic rings. The molecule has 6 nitrogen and oxygen atoms in total. The lowest BCUT2D eigenvalue weighted by molar-refractivity contribution is -0.125. The fraction of sp³-hybridized carbons (Fsp3) is 0.429. The second kappa shape index (κ2) is 6.56. The van der Waals surface area contributed by atoms with Gasteiger partial charge in [0.15, 0.2) is 16.4 Å². The molecule has 1 heterocycles. The summed E-state index contributed by atoms with van der Waals surface area (Å²) in [4.78, 5) is 23.7. The van der Waals surface area contributed by atoms with Gasteiger partial charge in [-0.2, -0.15) is 0 Å². The predicted octanol–water partition coefficient (Wildman–Crippen LogP) is 1.44. The van der Waals surface area contributed by atoms with E-state index in [1.807, 2.05) is 0 Å². The third-order valence-corrected chi connectivity index (χ3v) is 6.02. The number of benzene rings is 1. The number of ether oxygens (including phenoxy) is 1. The second-order valence-electron chi connectivity index (χ2n) is 5.65. The van der Waals surface area contributed by atoms with Crippen LogP contribution in [0.2, 0.25) is 0 Å². The number of carbonyl (C=O) groups excluding carboxylic acids is 2. The van der Waals surface area contributed by atoms with Gasteiger partial charge in [0.25, 0.3) is 5.91 Å². The number of hydrogen-bond acceptors (Lipinski definition) is 5. The predicted molar refractivity (Wildman–Crippen MR) is 84.2 cm³/mol. The number of halogens is 2. The first-order valence-electron chi connectivity index (χ1n) is 6.74. The zero-order valence-electron chi connectivity index (χ0n) is 12.3. The number of sulfone groups is 1. The minimum Gasteiger partial charge on any atom is -0.452 e. The quantitative estimate of drug-likeness (QED) is 0.762. The van der Waals surface area contributed by atoms with Gasteiger partial charge in [-0.25, -0.2) is 17.6 Å². The Morgan fingerprint density at radius 3 is 2.74 bits per heavy atom. The molecule has 0 radical (unpaired) electrons. The average molecular weight is 408 g/mol. The maximum Gasteiger partial charge on any atom is 0.339 e. The molecule has 0 spiro atoms. The highest BCUT2D eigenvalue weighted by Crippen LogP contribution is 2.23. The molecular formula is C14H15BrFNO5S. The standard InChI is InChI=1S/C14H15BrFNO5S/c1-14(4-5-23(20,21)8-14)17-12(18)7-22-13(19)10-6-9(16)2-3-11(10)15/h2-3,6H,4-5,7-8H2,1H3,(H,17,18)/t14-/m1/s1. The Bertz CT molecular complexity index is 752. The van der Waals surface area contributed by atoms with Crippen LogP contribution in [0.5, 0.6) is 0 Å². The van der Waals surface area contributed by atoms with Crippen LogP contribution in [0.3, 0.4) is 0 Å². The van der Waals surface area contributed by atoms with Crippen LogP contribution in [0.15, 0.2) is 22.7 Å². The van der Waals surface area contributed by atoms with E-state index >= 15 is 0 Å². The van der Waals surface area contributed by atoms with Gasteiger partial charge < -0.3 is 10.1 Å². The number of rotatable bonds is 4. The molecule has 0 saturated carbocycles. The minimum atomic E-state index is -3.15. The van der Waals surface area contributed by atoms with Crippen molar-refractivity contribution in [2.45, 2.75) is 18.9 Å². The number of nitrogens with one attached hydrogen (secondary N) is 1. The molecule has 2 rings (SSSR count). The fourth-order valence-electron chi connectivity index (χ4n) is 2.34. The molecule has 1 saturated heterocycles. The minimum absolute atomic E-state index is 0.0137. The van der Waals surface area contributed by atoms with Gasteiger partial charge in [-0.3, -0.25) is 4.79 Å². The molecule has 1 amide bonds. The highest BCUT2D eigenvalue weighted by atomic mass is 79.9. The van der Waals surface area contributed by atoms with Crippen LogP contribution in [0.4, 0.5) is 4.39 Å². The Morgan fingerprint density at radius 2 is 2.13 bits per heavy atom. The smallest absolute Gasteiger partial charge is 0.339 e. The molecule has 0 aromatic heterocycles.